The van der Waals surface area contributed by atoms with Crippen LogP contribution in [0, 0.1) is 5.82 Å². The van der Waals surface area contributed by atoms with E-state index in [1.807, 2.05) is 11.8 Å². The van der Waals surface area contributed by atoms with Gasteiger partial charge in [0.2, 0.25) is 11.7 Å². The number of hydrogen-bond donors (Lipinski definition) is 0. The first-order chi connectivity index (χ1) is 16.2. The summed E-state index contributed by atoms with van der Waals surface area (Å²) in [4.78, 5) is 20.6. The van der Waals surface area contributed by atoms with E-state index in [-0.39, 0.29) is 28.9 Å². The summed E-state index contributed by atoms with van der Waals surface area (Å²) in [5.74, 6) is -0.396. The molecule has 0 radical (unpaired) electrons. The van der Waals surface area contributed by atoms with Gasteiger partial charge in [0.25, 0.3) is 5.91 Å². The lowest BCUT2D eigenvalue weighted by molar-refractivity contribution is -0.137. The Bertz CT molecular complexity index is 1170. The lowest BCUT2D eigenvalue weighted by Gasteiger charge is -2.36. The van der Waals surface area contributed by atoms with Crippen molar-refractivity contribution in [2.75, 3.05) is 33.3 Å². The van der Waals surface area contributed by atoms with Crippen LogP contribution in [0.1, 0.15) is 34.8 Å². The quantitative estimate of drug-likeness (QED) is 0.506. The van der Waals surface area contributed by atoms with Gasteiger partial charge in [0.05, 0.1) is 24.3 Å². The van der Waals surface area contributed by atoms with Gasteiger partial charge in [-0.05, 0) is 31.2 Å². The third-order valence-electron chi connectivity index (χ3n) is 5.80. The van der Waals surface area contributed by atoms with Gasteiger partial charge in [0.1, 0.15) is 11.6 Å². The number of nitrogens with zero attached hydrogens (tertiary/aromatic N) is 4. The Hall–Kier alpha value is -3.47. The Morgan fingerprint density at radius 1 is 1.12 bits per heavy atom. The van der Waals surface area contributed by atoms with Crippen LogP contribution in [0.25, 0.3) is 11.4 Å². The molecule has 34 heavy (non-hydrogen) atoms. The number of methoxy groups -OCH3 is 1. The molecule has 1 saturated heterocycles. The number of ether oxygens (including phenoxy) is 1. The standard InChI is InChI=1S/C23H22F4N4O3/c1-14(21-28-20(29-34-21)15-4-3-5-16(12-15)23(25,26)27)30-8-10-31(11-9-30)22(32)18-7-6-17(33-2)13-19(18)24/h3-7,12-14H,8-11H2,1-2H3. The fourth-order valence-electron chi connectivity index (χ4n) is 3.79. The summed E-state index contributed by atoms with van der Waals surface area (Å²) in [5.41, 5.74) is -0.614. The van der Waals surface area contributed by atoms with Crippen LogP contribution in [0.4, 0.5) is 17.6 Å². The third kappa shape index (κ3) is 4.89. The SMILES string of the molecule is COc1ccc(C(=O)N2CCN(C(C)c3nc(-c4cccc(C(F)(F)F)c4)no3)CC2)c(F)c1. The number of benzene rings is 2. The maximum absolute atomic E-state index is 14.3. The van der Waals surface area contributed by atoms with Crippen molar-refractivity contribution in [1.82, 2.24) is 19.9 Å². The van der Waals surface area contributed by atoms with Crippen molar-refractivity contribution in [3.8, 4) is 17.1 Å². The van der Waals surface area contributed by atoms with Crippen LogP contribution in [-0.2, 0) is 6.18 Å². The van der Waals surface area contributed by atoms with E-state index < -0.39 is 23.5 Å². The van der Waals surface area contributed by atoms with E-state index in [9.17, 15) is 22.4 Å². The zero-order valence-electron chi connectivity index (χ0n) is 18.5. The minimum atomic E-state index is -4.47. The molecular weight excluding hydrogens is 456 g/mol. The Kier molecular flexibility index (Phi) is 6.56. The molecule has 2 aromatic carbocycles. The zero-order valence-corrected chi connectivity index (χ0v) is 18.5. The van der Waals surface area contributed by atoms with Crippen LogP contribution >= 0.6 is 0 Å². The summed E-state index contributed by atoms with van der Waals surface area (Å²) in [7, 11) is 1.42. The van der Waals surface area contributed by atoms with E-state index >= 15 is 0 Å². The fraction of sp³-hybridized carbons (Fsp3) is 0.348. The van der Waals surface area contributed by atoms with Crippen LogP contribution in [0.15, 0.2) is 47.0 Å². The summed E-state index contributed by atoms with van der Waals surface area (Å²) in [6.45, 7) is 3.52. The molecule has 0 saturated carbocycles. The molecule has 1 aromatic heterocycles. The summed E-state index contributed by atoms with van der Waals surface area (Å²) in [6, 6.07) is 8.51. The summed E-state index contributed by atoms with van der Waals surface area (Å²) < 4.78 is 63.5. The number of carbonyl (C=O) groups is 1. The highest BCUT2D eigenvalue weighted by Gasteiger charge is 2.32. The molecule has 3 aromatic rings. The summed E-state index contributed by atoms with van der Waals surface area (Å²) in [6.07, 6.45) is -4.47. The number of rotatable bonds is 5. The predicted octanol–water partition coefficient (Wildman–Crippen LogP) is 4.42. The molecule has 4 rings (SSSR count). The van der Waals surface area contributed by atoms with E-state index in [2.05, 4.69) is 10.1 Å². The molecule has 7 nitrogen and oxygen atoms in total. The number of halogens is 4. The van der Waals surface area contributed by atoms with Crippen molar-refractivity contribution >= 4 is 5.91 Å². The molecule has 1 fully saturated rings. The minimum Gasteiger partial charge on any atom is -0.497 e. The highest BCUT2D eigenvalue weighted by atomic mass is 19.4. The van der Waals surface area contributed by atoms with E-state index in [4.69, 9.17) is 9.26 Å². The van der Waals surface area contributed by atoms with E-state index in [0.29, 0.717) is 31.9 Å². The van der Waals surface area contributed by atoms with Crippen molar-refractivity contribution < 1.29 is 31.6 Å². The highest BCUT2D eigenvalue weighted by molar-refractivity contribution is 5.94. The highest BCUT2D eigenvalue weighted by Crippen LogP contribution is 2.32. The largest absolute Gasteiger partial charge is 0.497 e. The molecule has 11 heteroatoms. The number of piperazine rings is 1. The van der Waals surface area contributed by atoms with Crippen LogP contribution in [0.3, 0.4) is 0 Å². The Labute approximate surface area is 192 Å². The normalized spacial score (nSPS) is 15.9. The van der Waals surface area contributed by atoms with Crippen molar-refractivity contribution in [3.63, 3.8) is 0 Å². The molecule has 1 atom stereocenters. The fourth-order valence-corrected chi connectivity index (χ4v) is 3.79. The Balaban J connectivity index is 1.40. The molecular formula is C23H22F4N4O3. The molecule has 1 aliphatic heterocycles. The third-order valence-corrected chi connectivity index (χ3v) is 5.80. The number of hydrogen-bond acceptors (Lipinski definition) is 6. The van der Waals surface area contributed by atoms with Gasteiger partial charge in [0.15, 0.2) is 0 Å². The average molecular weight is 478 g/mol. The number of amides is 1. The molecule has 0 spiro atoms. The maximum Gasteiger partial charge on any atom is 0.416 e. The van der Waals surface area contributed by atoms with Gasteiger partial charge in [-0.3, -0.25) is 9.69 Å². The summed E-state index contributed by atoms with van der Waals surface area (Å²) in [5, 5.41) is 3.84. The van der Waals surface area contributed by atoms with Crippen LogP contribution in [0.5, 0.6) is 5.75 Å². The predicted molar refractivity (Wildman–Crippen MR) is 114 cm³/mol. The lowest BCUT2D eigenvalue weighted by atomic mass is 10.1. The topological polar surface area (TPSA) is 71.7 Å². The van der Waals surface area contributed by atoms with Crippen molar-refractivity contribution in [1.29, 1.82) is 0 Å². The number of alkyl halides is 3. The first-order valence-electron chi connectivity index (χ1n) is 10.6. The smallest absolute Gasteiger partial charge is 0.416 e. The molecule has 1 aliphatic rings. The molecule has 0 bridgehead atoms. The second-order valence-corrected chi connectivity index (χ2v) is 7.88. The average Bonchev–Trinajstić information content (AvgIpc) is 3.33. The van der Waals surface area contributed by atoms with E-state index in [0.717, 1.165) is 12.1 Å². The second kappa shape index (κ2) is 9.41. The van der Waals surface area contributed by atoms with Gasteiger partial charge in [-0.15, -0.1) is 0 Å². The van der Waals surface area contributed by atoms with Crippen LogP contribution < -0.4 is 4.74 Å². The molecule has 1 amide bonds. The molecule has 180 valence electrons. The van der Waals surface area contributed by atoms with Gasteiger partial charge in [-0.1, -0.05) is 17.3 Å². The molecule has 0 aliphatic carbocycles. The minimum absolute atomic E-state index is 0.0232. The van der Waals surface area contributed by atoms with Crippen molar-refractivity contribution in [2.45, 2.75) is 19.1 Å². The molecule has 1 unspecified atom stereocenters. The molecule has 2 heterocycles. The first-order valence-corrected chi connectivity index (χ1v) is 10.6. The molecule has 0 N–H and O–H groups in total. The number of carbonyl (C=O) groups excluding carboxylic acids is 1. The van der Waals surface area contributed by atoms with Crippen molar-refractivity contribution in [3.05, 3.63) is 65.3 Å². The van der Waals surface area contributed by atoms with Crippen molar-refractivity contribution in [2.24, 2.45) is 0 Å². The van der Waals surface area contributed by atoms with Gasteiger partial charge in [-0.25, -0.2) is 4.39 Å². The first kappa shape index (κ1) is 23.7. The maximum atomic E-state index is 14.3. The second-order valence-electron chi connectivity index (χ2n) is 7.88. The lowest BCUT2D eigenvalue weighted by Crippen LogP contribution is -2.49. The summed E-state index contributed by atoms with van der Waals surface area (Å²) >= 11 is 0. The van der Waals surface area contributed by atoms with Gasteiger partial charge < -0.3 is 14.2 Å². The van der Waals surface area contributed by atoms with Gasteiger partial charge in [-0.2, -0.15) is 18.2 Å². The monoisotopic (exact) mass is 478 g/mol. The number of aromatic nitrogens is 2. The van der Waals surface area contributed by atoms with Gasteiger partial charge >= 0.3 is 6.18 Å². The van der Waals surface area contributed by atoms with Crippen LogP contribution in [-0.4, -0.2) is 59.1 Å². The Morgan fingerprint density at radius 2 is 1.85 bits per heavy atom. The van der Waals surface area contributed by atoms with Gasteiger partial charge in [0, 0.05) is 37.8 Å². The Morgan fingerprint density at radius 3 is 2.50 bits per heavy atom. The van der Waals surface area contributed by atoms with E-state index in [1.54, 1.807) is 4.90 Å². The van der Waals surface area contributed by atoms with Crippen LogP contribution in [0.2, 0.25) is 0 Å². The zero-order chi connectivity index (χ0) is 24.5. The van der Waals surface area contributed by atoms with E-state index in [1.165, 1.54) is 37.4 Å².